The molecule has 0 aliphatic heterocycles. The van der Waals surface area contributed by atoms with Gasteiger partial charge in [-0.05, 0) is 30.6 Å². The van der Waals surface area contributed by atoms with E-state index in [4.69, 9.17) is 5.73 Å². The summed E-state index contributed by atoms with van der Waals surface area (Å²) in [4.78, 5) is 13.0. The Labute approximate surface area is 136 Å². The Hall–Kier alpha value is -0.360. The molecule has 3 N–H and O–H groups in total. The lowest BCUT2D eigenvalue weighted by molar-refractivity contribution is -0.122. The van der Waals surface area contributed by atoms with Crippen LogP contribution in [0.1, 0.15) is 13.3 Å². The number of hydrogen-bond donors (Lipinski definition) is 2. The minimum atomic E-state index is -0.388. The van der Waals surface area contributed by atoms with Gasteiger partial charge in [0.25, 0.3) is 0 Å². The van der Waals surface area contributed by atoms with Crippen LogP contribution in [0, 0.1) is 0 Å². The van der Waals surface area contributed by atoms with Crippen molar-refractivity contribution in [2.24, 2.45) is 5.73 Å². The van der Waals surface area contributed by atoms with E-state index in [9.17, 15) is 4.79 Å². The Bertz CT molecular complexity index is 379. The fraction of sp³-hybridized carbons (Fsp3) is 0.500. The SMILES string of the molecule is CSCC[C@H](N)C(=O)NCC(C)Sc1ccccc1.Cl. The highest BCUT2D eigenvalue weighted by molar-refractivity contribution is 8.00. The highest BCUT2D eigenvalue weighted by atomic mass is 35.5. The van der Waals surface area contributed by atoms with Crippen molar-refractivity contribution in [3.05, 3.63) is 30.3 Å². The molecule has 0 aromatic heterocycles. The molecule has 2 atom stereocenters. The van der Waals surface area contributed by atoms with Gasteiger partial charge in [-0.1, -0.05) is 25.1 Å². The summed E-state index contributed by atoms with van der Waals surface area (Å²) in [5.41, 5.74) is 5.81. The van der Waals surface area contributed by atoms with Crippen LogP contribution in [0.2, 0.25) is 0 Å². The lowest BCUT2D eigenvalue weighted by Gasteiger charge is -2.15. The first-order chi connectivity index (χ1) is 9.13. The third-order valence-electron chi connectivity index (χ3n) is 2.61. The first kappa shape index (κ1) is 19.6. The second-order valence-corrected chi connectivity index (χ2v) is 6.87. The van der Waals surface area contributed by atoms with Gasteiger partial charge in [-0.2, -0.15) is 11.8 Å². The van der Waals surface area contributed by atoms with Crippen molar-refractivity contribution < 1.29 is 4.79 Å². The van der Waals surface area contributed by atoms with Crippen molar-refractivity contribution in [3.8, 4) is 0 Å². The largest absolute Gasteiger partial charge is 0.354 e. The van der Waals surface area contributed by atoms with E-state index in [-0.39, 0.29) is 24.4 Å². The Kier molecular flexibility index (Phi) is 11.1. The predicted octanol–water partition coefficient (Wildman–Crippen LogP) is 2.79. The van der Waals surface area contributed by atoms with Gasteiger partial charge in [-0.25, -0.2) is 0 Å². The van der Waals surface area contributed by atoms with E-state index in [0.29, 0.717) is 11.8 Å². The van der Waals surface area contributed by atoms with E-state index in [1.54, 1.807) is 23.5 Å². The average Bonchev–Trinajstić information content (AvgIpc) is 2.43. The number of benzene rings is 1. The molecule has 0 radical (unpaired) electrons. The van der Waals surface area contributed by atoms with Gasteiger partial charge in [0, 0.05) is 16.7 Å². The van der Waals surface area contributed by atoms with Crippen LogP contribution in [-0.2, 0) is 4.79 Å². The summed E-state index contributed by atoms with van der Waals surface area (Å²) in [7, 11) is 0. The molecule has 1 aromatic carbocycles. The lowest BCUT2D eigenvalue weighted by atomic mass is 10.2. The summed E-state index contributed by atoms with van der Waals surface area (Å²) in [5, 5.41) is 3.25. The number of carbonyl (C=O) groups excluding carboxylic acids is 1. The van der Waals surface area contributed by atoms with Gasteiger partial charge in [0.05, 0.1) is 6.04 Å². The summed E-state index contributed by atoms with van der Waals surface area (Å²) in [6.07, 6.45) is 2.75. The van der Waals surface area contributed by atoms with E-state index in [1.807, 2.05) is 24.5 Å². The molecule has 20 heavy (non-hydrogen) atoms. The molecule has 114 valence electrons. The highest BCUT2D eigenvalue weighted by Crippen LogP contribution is 2.21. The van der Waals surface area contributed by atoms with Gasteiger partial charge >= 0.3 is 0 Å². The first-order valence-corrected chi connectivity index (χ1v) is 8.64. The molecule has 0 aliphatic carbocycles. The Morgan fingerprint density at radius 1 is 1.35 bits per heavy atom. The highest BCUT2D eigenvalue weighted by Gasteiger charge is 2.13. The van der Waals surface area contributed by atoms with Gasteiger partial charge in [0.1, 0.15) is 0 Å². The van der Waals surface area contributed by atoms with E-state index in [1.165, 1.54) is 4.90 Å². The monoisotopic (exact) mass is 334 g/mol. The quantitative estimate of drug-likeness (QED) is 0.718. The predicted molar refractivity (Wildman–Crippen MR) is 93.0 cm³/mol. The summed E-state index contributed by atoms with van der Waals surface area (Å²) in [6, 6.07) is 9.81. The van der Waals surface area contributed by atoms with Gasteiger partial charge < -0.3 is 11.1 Å². The van der Waals surface area contributed by atoms with Crippen LogP contribution in [0.5, 0.6) is 0 Å². The molecule has 0 fully saturated rings. The number of amides is 1. The smallest absolute Gasteiger partial charge is 0.236 e. The summed E-state index contributed by atoms with van der Waals surface area (Å²) in [5.74, 6) is 0.873. The maximum absolute atomic E-state index is 11.8. The zero-order valence-corrected chi connectivity index (χ0v) is 14.3. The molecular weight excluding hydrogens is 312 g/mol. The molecule has 0 saturated carbocycles. The number of halogens is 1. The Morgan fingerprint density at radius 3 is 2.60 bits per heavy atom. The number of hydrogen-bond acceptors (Lipinski definition) is 4. The van der Waals surface area contributed by atoms with Crippen LogP contribution in [0.4, 0.5) is 0 Å². The fourth-order valence-electron chi connectivity index (χ4n) is 1.52. The number of rotatable bonds is 8. The van der Waals surface area contributed by atoms with Crippen molar-refractivity contribution in [2.45, 2.75) is 29.5 Å². The van der Waals surface area contributed by atoms with Crippen LogP contribution < -0.4 is 11.1 Å². The third-order valence-corrected chi connectivity index (χ3v) is 4.37. The molecule has 0 aliphatic rings. The maximum Gasteiger partial charge on any atom is 0.236 e. The molecule has 0 heterocycles. The standard InChI is InChI=1S/C14H22N2OS2.ClH/c1-11(19-12-6-4-3-5-7-12)10-16-14(17)13(15)8-9-18-2;/h3-7,11,13H,8-10,15H2,1-2H3,(H,16,17);1H/t11?,13-;/m0./s1. The number of nitrogens with two attached hydrogens (primary N) is 1. The summed E-state index contributed by atoms with van der Waals surface area (Å²) >= 11 is 3.46. The fourth-order valence-corrected chi connectivity index (χ4v) is 2.96. The van der Waals surface area contributed by atoms with Crippen molar-refractivity contribution in [3.63, 3.8) is 0 Å². The molecule has 0 saturated heterocycles. The van der Waals surface area contributed by atoms with Gasteiger partial charge in [-0.3, -0.25) is 4.79 Å². The van der Waals surface area contributed by atoms with Gasteiger partial charge in [0.2, 0.25) is 5.91 Å². The van der Waals surface area contributed by atoms with Crippen LogP contribution in [-0.4, -0.2) is 35.8 Å². The van der Waals surface area contributed by atoms with Gasteiger partial charge in [0.15, 0.2) is 0 Å². The van der Waals surface area contributed by atoms with Crippen molar-refractivity contribution in [1.82, 2.24) is 5.32 Å². The molecule has 0 spiro atoms. The number of thioether (sulfide) groups is 2. The van der Waals surface area contributed by atoms with Crippen LogP contribution in [0.3, 0.4) is 0 Å². The lowest BCUT2D eigenvalue weighted by Crippen LogP contribution is -2.42. The molecular formula is C14H23ClN2OS2. The zero-order chi connectivity index (χ0) is 14.1. The zero-order valence-electron chi connectivity index (χ0n) is 11.9. The summed E-state index contributed by atoms with van der Waals surface area (Å²) < 4.78 is 0. The van der Waals surface area contributed by atoms with Crippen molar-refractivity contribution >= 4 is 41.8 Å². The second-order valence-electron chi connectivity index (χ2n) is 4.37. The van der Waals surface area contributed by atoms with Crippen molar-refractivity contribution in [1.29, 1.82) is 0 Å². The van der Waals surface area contributed by atoms with E-state index < -0.39 is 0 Å². The van der Waals surface area contributed by atoms with E-state index in [2.05, 4.69) is 24.4 Å². The first-order valence-electron chi connectivity index (χ1n) is 6.37. The normalized spacial score (nSPS) is 13.2. The van der Waals surface area contributed by atoms with E-state index in [0.717, 1.165) is 12.2 Å². The number of carbonyl (C=O) groups is 1. The molecule has 6 heteroatoms. The maximum atomic E-state index is 11.8. The minimum absolute atomic E-state index is 0. The van der Waals surface area contributed by atoms with Crippen LogP contribution in [0.15, 0.2) is 35.2 Å². The molecule has 1 amide bonds. The van der Waals surface area contributed by atoms with Crippen molar-refractivity contribution in [2.75, 3.05) is 18.6 Å². The number of nitrogens with one attached hydrogen (secondary N) is 1. The second kappa shape index (κ2) is 11.3. The molecule has 3 nitrogen and oxygen atoms in total. The van der Waals surface area contributed by atoms with E-state index >= 15 is 0 Å². The Morgan fingerprint density at radius 2 is 2.00 bits per heavy atom. The third kappa shape index (κ3) is 8.04. The summed E-state index contributed by atoms with van der Waals surface area (Å²) in [6.45, 7) is 2.75. The molecule has 1 aromatic rings. The molecule has 1 unspecified atom stereocenters. The van der Waals surface area contributed by atoms with Gasteiger partial charge in [-0.15, -0.1) is 24.2 Å². The molecule has 1 rings (SSSR count). The van der Waals surface area contributed by atoms with Crippen LogP contribution in [0.25, 0.3) is 0 Å². The average molecular weight is 335 g/mol. The van der Waals surface area contributed by atoms with Crippen LogP contribution >= 0.6 is 35.9 Å². The topological polar surface area (TPSA) is 55.1 Å². The Balaban J connectivity index is 0.00000361. The molecule has 0 bridgehead atoms. The minimum Gasteiger partial charge on any atom is -0.354 e.